The normalized spacial score (nSPS) is 24.6. The van der Waals surface area contributed by atoms with Gasteiger partial charge >= 0.3 is 5.97 Å². The Morgan fingerprint density at radius 3 is 2.26 bits per heavy atom. The molecule has 4 N–H and O–H groups in total. The number of aliphatic carboxylic acids is 1. The van der Waals surface area contributed by atoms with Crippen LogP contribution in [0.4, 0.5) is 0 Å². The highest BCUT2D eigenvalue weighted by molar-refractivity contribution is 5.94. The van der Waals surface area contributed by atoms with Gasteiger partial charge in [-0.15, -0.1) is 0 Å². The van der Waals surface area contributed by atoms with Crippen LogP contribution in [0.25, 0.3) is 0 Å². The van der Waals surface area contributed by atoms with Crippen molar-refractivity contribution in [2.45, 2.75) is 64.1 Å². The maximum absolute atomic E-state index is 13.0. The SMILES string of the molecule is CCC(C)C(NC(=O)C1CCCN1C(=O)CN)C(=O)N1CCCC1C(=O)O. The minimum atomic E-state index is -1.02. The average molecular weight is 382 g/mol. The first-order valence-corrected chi connectivity index (χ1v) is 9.65. The summed E-state index contributed by atoms with van der Waals surface area (Å²) in [6.07, 6.45) is 2.94. The molecule has 2 heterocycles. The van der Waals surface area contributed by atoms with E-state index in [1.54, 1.807) is 0 Å². The Morgan fingerprint density at radius 2 is 1.70 bits per heavy atom. The van der Waals surface area contributed by atoms with Gasteiger partial charge in [0.25, 0.3) is 0 Å². The highest BCUT2D eigenvalue weighted by Gasteiger charge is 2.41. The highest BCUT2D eigenvalue weighted by Crippen LogP contribution is 2.23. The molecule has 3 amide bonds. The molecule has 2 fully saturated rings. The van der Waals surface area contributed by atoms with Crippen molar-refractivity contribution in [1.29, 1.82) is 0 Å². The van der Waals surface area contributed by atoms with Gasteiger partial charge in [-0.25, -0.2) is 4.79 Å². The Balaban J connectivity index is 2.14. The number of carbonyl (C=O) groups is 4. The van der Waals surface area contributed by atoms with E-state index < -0.39 is 24.1 Å². The van der Waals surface area contributed by atoms with Crippen LogP contribution in [0.2, 0.25) is 0 Å². The number of rotatable bonds is 7. The van der Waals surface area contributed by atoms with Gasteiger partial charge in [-0.1, -0.05) is 20.3 Å². The number of carbonyl (C=O) groups excluding carboxylic acids is 3. The van der Waals surface area contributed by atoms with Crippen molar-refractivity contribution >= 4 is 23.7 Å². The summed E-state index contributed by atoms with van der Waals surface area (Å²) in [5, 5.41) is 12.1. The van der Waals surface area contributed by atoms with E-state index >= 15 is 0 Å². The van der Waals surface area contributed by atoms with Crippen molar-refractivity contribution in [3.05, 3.63) is 0 Å². The van der Waals surface area contributed by atoms with E-state index in [-0.39, 0.29) is 30.2 Å². The number of nitrogens with two attached hydrogens (primary N) is 1. The molecule has 0 aromatic heterocycles. The van der Waals surface area contributed by atoms with Gasteiger partial charge in [0.15, 0.2) is 0 Å². The van der Waals surface area contributed by atoms with Crippen molar-refractivity contribution in [1.82, 2.24) is 15.1 Å². The third kappa shape index (κ3) is 4.58. The van der Waals surface area contributed by atoms with Crippen molar-refractivity contribution in [2.75, 3.05) is 19.6 Å². The number of nitrogens with zero attached hydrogens (tertiary/aromatic N) is 2. The van der Waals surface area contributed by atoms with Crippen LogP contribution >= 0.6 is 0 Å². The fourth-order valence-electron chi connectivity index (χ4n) is 3.85. The Bertz CT molecular complexity index is 596. The molecule has 9 nitrogen and oxygen atoms in total. The first kappa shape index (κ1) is 21.1. The monoisotopic (exact) mass is 382 g/mol. The Hall–Kier alpha value is -2.16. The van der Waals surface area contributed by atoms with Gasteiger partial charge < -0.3 is 26.0 Å². The molecule has 2 saturated heterocycles. The number of nitrogens with one attached hydrogen (secondary N) is 1. The third-order valence-corrected chi connectivity index (χ3v) is 5.65. The van der Waals surface area contributed by atoms with E-state index in [1.165, 1.54) is 9.80 Å². The second-order valence-electron chi connectivity index (χ2n) is 7.35. The van der Waals surface area contributed by atoms with Gasteiger partial charge in [0, 0.05) is 13.1 Å². The molecule has 2 aliphatic heterocycles. The van der Waals surface area contributed by atoms with Crippen LogP contribution in [0.3, 0.4) is 0 Å². The molecule has 2 rings (SSSR count). The van der Waals surface area contributed by atoms with Crippen LogP contribution in [0.15, 0.2) is 0 Å². The molecule has 0 radical (unpaired) electrons. The van der Waals surface area contributed by atoms with Crippen molar-refractivity contribution in [3.8, 4) is 0 Å². The molecule has 4 unspecified atom stereocenters. The maximum Gasteiger partial charge on any atom is 0.326 e. The predicted octanol–water partition coefficient (Wildman–Crippen LogP) is -0.457. The number of amides is 3. The van der Waals surface area contributed by atoms with Crippen LogP contribution in [0.5, 0.6) is 0 Å². The second kappa shape index (κ2) is 9.16. The summed E-state index contributed by atoms with van der Waals surface area (Å²) in [5.74, 6) is -2.21. The lowest BCUT2D eigenvalue weighted by molar-refractivity contribution is -0.150. The van der Waals surface area contributed by atoms with Crippen molar-refractivity contribution in [3.63, 3.8) is 0 Å². The van der Waals surface area contributed by atoms with E-state index in [9.17, 15) is 24.3 Å². The lowest BCUT2D eigenvalue weighted by atomic mass is 9.96. The van der Waals surface area contributed by atoms with Gasteiger partial charge in [-0.3, -0.25) is 14.4 Å². The molecule has 0 bridgehead atoms. The molecule has 0 aromatic rings. The minimum absolute atomic E-state index is 0.156. The summed E-state index contributed by atoms with van der Waals surface area (Å²) in [6.45, 7) is 4.45. The summed E-state index contributed by atoms with van der Waals surface area (Å²) in [6, 6.07) is -2.28. The van der Waals surface area contributed by atoms with Crippen LogP contribution in [-0.2, 0) is 19.2 Å². The summed E-state index contributed by atoms with van der Waals surface area (Å²) in [5.41, 5.74) is 5.42. The number of carboxylic acid groups (broad SMARTS) is 1. The maximum atomic E-state index is 13.0. The lowest BCUT2D eigenvalue weighted by Crippen LogP contribution is -2.57. The predicted molar refractivity (Wildman–Crippen MR) is 97.5 cm³/mol. The van der Waals surface area contributed by atoms with Crippen LogP contribution in [0.1, 0.15) is 46.0 Å². The number of hydrogen-bond donors (Lipinski definition) is 3. The van der Waals surface area contributed by atoms with Crippen LogP contribution < -0.4 is 11.1 Å². The van der Waals surface area contributed by atoms with Gasteiger partial charge in [-0.05, 0) is 31.6 Å². The quantitative estimate of drug-likeness (QED) is 0.546. The number of carboxylic acids is 1. The van der Waals surface area contributed by atoms with E-state index in [2.05, 4.69) is 5.32 Å². The van der Waals surface area contributed by atoms with Gasteiger partial charge in [0.2, 0.25) is 17.7 Å². The fraction of sp³-hybridized carbons (Fsp3) is 0.778. The lowest BCUT2D eigenvalue weighted by Gasteiger charge is -2.32. The zero-order valence-corrected chi connectivity index (χ0v) is 16.0. The standard InChI is InChI=1S/C18H30N4O5/c1-3-11(2)15(17(25)22-9-5-7-13(22)18(26)27)20-16(24)12-6-4-8-21(12)14(23)10-19/h11-13,15H,3-10,19H2,1-2H3,(H,20,24)(H,26,27). The van der Waals surface area contributed by atoms with Gasteiger partial charge in [0.1, 0.15) is 18.1 Å². The Morgan fingerprint density at radius 1 is 1.11 bits per heavy atom. The minimum Gasteiger partial charge on any atom is -0.480 e. The van der Waals surface area contributed by atoms with E-state index in [1.807, 2.05) is 13.8 Å². The molecule has 152 valence electrons. The Labute approximate surface area is 159 Å². The Kier molecular flexibility index (Phi) is 7.18. The van der Waals surface area contributed by atoms with E-state index in [4.69, 9.17) is 5.73 Å². The summed E-state index contributed by atoms with van der Waals surface area (Å²) < 4.78 is 0. The van der Waals surface area contributed by atoms with Crippen LogP contribution in [0, 0.1) is 5.92 Å². The van der Waals surface area contributed by atoms with Crippen molar-refractivity contribution in [2.24, 2.45) is 11.7 Å². The topological polar surface area (TPSA) is 133 Å². The highest BCUT2D eigenvalue weighted by atomic mass is 16.4. The van der Waals surface area contributed by atoms with Gasteiger partial charge in [-0.2, -0.15) is 0 Å². The molecule has 0 aromatic carbocycles. The first-order valence-electron chi connectivity index (χ1n) is 9.65. The molecule has 0 saturated carbocycles. The van der Waals surface area contributed by atoms with E-state index in [0.717, 1.165) is 0 Å². The molecule has 27 heavy (non-hydrogen) atoms. The first-order chi connectivity index (χ1) is 12.8. The third-order valence-electron chi connectivity index (χ3n) is 5.65. The molecular weight excluding hydrogens is 352 g/mol. The average Bonchev–Trinajstić information content (AvgIpc) is 3.33. The smallest absolute Gasteiger partial charge is 0.326 e. The number of hydrogen-bond acceptors (Lipinski definition) is 5. The van der Waals surface area contributed by atoms with Crippen LogP contribution in [-0.4, -0.2) is 76.4 Å². The summed E-state index contributed by atoms with van der Waals surface area (Å²) >= 11 is 0. The van der Waals surface area contributed by atoms with Gasteiger partial charge in [0.05, 0.1) is 6.54 Å². The molecule has 0 aliphatic carbocycles. The summed E-state index contributed by atoms with van der Waals surface area (Å²) in [4.78, 5) is 52.0. The largest absolute Gasteiger partial charge is 0.480 e. The molecule has 2 aliphatic rings. The second-order valence-corrected chi connectivity index (χ2v) is 7.35. The number of likely N-dealkylation sites (tertiary alicyclic amines) is 2. The molecule has 0 spiro atoms. The zero-order chi connectivity index (χ0) is 20.1. The zero-order valence-electron chi connectivity index (χ0n) is 16.0. The molecule has 9 heteroatoms. The van der Waals surface area contributed by atoms with Crippen molar-refractivity contribution < 1.29 is 24.3 Å². The van der Waals surface area contributed by atoms with E-state index in [0.29, 0.717) is 45.2 Å². The fourth-order valence-corrected chi connectivity index (χ4v) is 3.85. The molecular formula is C18H30N4O5. The molecule has 4 atom stereocenters. The summed E-state index contributed by atoms with van der Waals surface area (Å²) in [7, 11) is 0.